The van der Waals surface area contributed by atoms with E-state index in [9.17, 15) is 9.59 Å². The number of nitrogens with one attached hydrogen (secondary N) is 2. The quantitative estimate of drug-likeness (QED) is 0.202. The molecule has 216 valence electrons. The highest BCUT2D eigenvalue weighted by molar-refractivity contribution is 7.00. The maximum absolute atomic E-state index is 12.4. The molecule has 0 atom stereocenters. The lowest BCUT2D eigenvalue weighted by atomic mass is 9.96. The highest BCUT2D eigenvalue weighted by Gasteiger charge is 2.17. The Hall–Kier alpha value is -5.74. The van der Waals surface area contributed by atoms with Crippen LogP contribution >= 0.6 is 11.7 Å². The van der Waals surface area contributed by atoms with Gasteiger partial charge in [-0.25, -0.2) is 0 Å². The smallest absolute Gasteiger partial charge is 0.270 e. The average Bonchev–Trinajstić information content (AvgIpc) is 3.57. The largest absolute Gasteiger partial charge is 0.497 e. The second-order valence-corrected chi connectivity index (χ2v) is 10.6. The zero-order valence-electron chi connectivity index (χ0n) is 23.7. The molecule has 0 aliphatic carbocycles. The SMILES string of the molecule is COc1ccc(N(c2ccc(OC)cc2)c2ccc(-c3ccc(-c4ccc5c(=O)[nH][nH]c(=O)c5c4)c4nsnc34)cc2)cc1. The number of anilines is 3. The summed E-state index contributed by atoms with van der Waals surface area (Å²) in [6, 6.07) is 33.4. The predicted molar refractivity (Wildman–Crippen MR) is 175 cm³/mol. The van der Waals surface area contributed by atoms with E-state index >= 15 is 0 Å². The molecule has 0 amide bonds. The maximum Gasteiger partial charge on any atom is 0.270 e. The number of aromatic amines is 2. The summed E-state index contributed by atoms with van der Waals surface area (Å²) in [5.74, 6) is 1.57. The van der Waals surface area contributed by atoms with Gasteiger partial charge in [0, 0.05) is 28.2 Å². The van der Waals surface area contributed by atoms with E-state index in [-0.39, 0.29) is 11.1 Å². The number of methoxy groups -OCH3 is 2. The monoisotopic (exact) mass is 599 g/mol. The van der Waals surface area contributed by atoms with Crippen molar-refractivity contribution >= 4 is 50.6 Å². The number of hydrogen-bond donors (Lipinski definition) is 2. The first-order valence-electron chi connectivity index (χ1n) is 13.7. The van der Waals surface area contributed by atoms with Crippen molar-refractivity contribution in [3.05, 3.63) is 124 Å². The van der Waals surface area contributed by atoms with Gasteiger partial charge < -0.3 is 14.4 Å². The third-order valence-electron chi connectivity index (χ3n) is 7.62. The molecular formula is C34H25N5O4S. The first kappa shape index (κ1) is 27.1. The van der Waals surface area contributed by atoms with Crippen LogP contribution in [0.1, 0.15) is 0 Å². The van der Waals surface area contributed by atoms with Gasteiger partial charge in [-0.15, -0.1) is 0 Å². The van der Waals surface area contributed by atoms with Gasteiger partial charge in [0.1, 0.15) is 22.5 Å². The number of hydrogen-bond acceptors (Lipinski definition) is 8. The molecule has 9 nitrogen and oxygen atoms in total. The fourth-order valence-corrected chi connectivity index (χ4v) is 5.95. The lowest BCUT2D eigenvalue weighted by Crippen LogP contribution is -2.18. The highest BCUT2D eigenvalue weighted by atomic mass is 32.1. The number of benzene rings is 5. The Kier molecular flexibility index (Phi) is 6.88. The van der Waals surface area contributed by atoms with Crippen molar-refractivity contribution < 1.29 is 9.47 Å². The molecular weight excluding hydrogens is 574 g/mol. The Labute approximate surface area is 255 Å². The van der Waals surface area contributed by atoms with E-state index < -0.39 is 0 Å². The lowest BCUT2D eigenvalue weighted by Gasteiger charge is -2.26. The van der Waals surface area contributed by atoms with Crippen molar-refractivity contribution in [3.63, 3.8) is 0 Å². The van der Waals surface area contributed by atoms with Gasteiger partial charge in [0.05, 0.1) is 36.7 Å². The molecule has 7 aromatic rings. The van der Waals surface area contributed by atoms with Crippen molar-refractivity contribution in [3.8, 4) is 33.8 Å². The molecule has 0 radical (unpaired) electrons. The summed E-state index contributed by atoms with van der Waals surface area (Å²) < 4.78 is 20.0. The van der Waals surface area contributed by atoms with Gasteiger partial charge in [0.2, 0.25) is 0 Å². The topological polar surface area (TPSA) is 113 Å². The van der Waals surface area contributed by atoms with E-state index in [2.05, 4.69) is 48.1 Å². The summed E-state index contributed by atoms with van der Waals surface area (Å²) >= 11 is 1.14. The van der Waals surface area contributed by atoms with Gasteiger partial charge >= 0.3 is 0 Å². The van der Waals surface area contributed by atoms with Crippen molar-refractivity contribution in [1.29, 1.82) is 0 Å². The number of nitrogens with zero attached hydrogens (tertiary/aromatic N) is 3. The molecule has 0 unspecified atom stereocenters. The van der Waals surface area contributed by atoms with Crippen molar-refractivity contribution in [2.45, 2.75) is 0 Å². The molecule has 5 aromatic carbocycles. The first-order valence-corrected chi connectivity index (χ1v) is 14.5. The van der Waals surface area contributed by atoms with Gasteiger partial charge in [-0.1, -0.05) is 30.3 Å². The summed E-state index contributed by atoms with van der Waals surface area (Å²) in [5, 5.41) is 5.41. The highest BCUT2D eigenvalue weighted by Crippen LogP contribution is 2.39. The van der Waals surface area contributed by atoms with E-state index in [1.54, 1.807) is 26.4 Å². The third kappa shape index (κ3) is 4.77. The summed E-state index contributed by atoms with van der Waals surface area (Å²) in [5.41, 5.74) is 7.28. The molecule has 0 aliphatic heterocycles. The van der Waals surface area contributed by atoms with Crippen LogP contribution in [0.25, 0.3) is 44.1 Å². The predicted octanol–water partition coefficient (Wildman–Crippen LogP) is 7.04. The molecule has 2 heterocycles. The van der Waals surface area contributed by atoms with Crippen molar-refractivity contribution in [2.24, 2.45) is 0 Å². The van der Waals surface area contributed by atoms with Gasteiger partial charge in [-0.3, -0.25) is 19.8 Å². The lowest BCUT2D eigenvalue weighted by molar-refractivity contribution is 0.415. The average molecular weight is 600 g/mol. The van der Waals surface area contributed by atoms with Crippen LogP contribution in [-0.4, -0.2) is 33.2 Å². The number of fused-ring (bicyclic) bond motifs is 2. The van der Waals surface area contributed by atoms with E-state index in [4.69, 9.17) is 9.47 Å². The van der Waals surface area contributed by atoms with Crippen LogP contribution in [0.3, 0.4) is 0 Å². The van der Waals surface area contributed by atoms with Crippen LogP contribution in [0, 0.1) is 0 Å². The molecule has 0 spiro atoms. The van der Waals surface area contributed by atoms with Crippen molar-refractivity contribution in [1.82, 2.24) is 18.9 Å². The number of H-pyrrole nitrogens is 2. The van der Waals surface area contributed by atoms with E-state index in [1.165, 1.54) is 0 Å². The van der Waals surface area contributed by atoms with Gasteiger partial charge in [0.15, 0.2) is 0 Å². The van der Waals surface area contributed by atoms with E-state index in [0.717, 1.165) is 73.6 Å². The normalized spacial score (nSPS) is 11.1. The fourth-order valence-electron chi connectivity index (χ4n) is 5.38. The Morgan fingerprint density at radius 2 is 1.02 bits per heavy atom. The zero-order valence-corrected chi connectivity index (χ0v) is 24.5. The Morgan fingerprint density at radius 3 is 1.55 bits per heavy atom. The summed E-state index contributed by atoms with van der Waals surface area (Å²) in [4.78, 5) is 26.8. The van der Waals surface area contributed by atoms with E-state index in [1.807, 2.05) is 66.7 Å². The molecule has 0 aliphatic rings. The molecule has 7 rings (SSSR count). The third-order valence-corrected chi connectivity index (χ3v) is 8.15. The van der Waals surface area contributed by atoms with Gasteiger partial charge in [-0.05, 0) is 83.9 Å². The van der Waals surface area contributed by atoms with E-state index in [0.29, 0.717) is 10.8 Å². The first-order chi connectivity index (χ1) is 21.5. The minimum Gasteiger partial charge on any atom is -0.497 e. The molecule has 0 saturated heterocycles. The summed E-state index contributed by atoms with van der Waals surface area (Å²) in [6.07, 6.45) is 0. The minimum absolute atomic E-state index is 0.320. The van der Waals surface area contributed by atoms with Crippen LogP contribution in [0.5, 0.6) is 11.5 Å². The Balaban J connectivity index is 1.28. The van der Waals surface area contributed by atoms with Crippen LogP contribution in [0.2, 0.25) is 0 Å². The van der Waals surface area contributed by atoms with Crippen LogP contribution in [0.4, 0.5) is 17.1 Å². The molecule has 2 N–H and O–H groups in total. The van der Waals surface area contributed by atoms with Crippen LogP contribution in [-0.2, 0) is 0 Å². The molecule has 2 aromatic heterocycles. The standard InChI is InChI=1S/C34H25N5O4S/c1-42-25-12-8-23(9-13-25)39(24-10-14-26(43-2)15-11-24)22-6-3-20(4-7-22)27-17-18-28(32-31(27)37-44-38-32)21-5-16-29-30(19-21)34(41)36-35-33(29)40/h3-19H,1-2H3,(H,35,40)(H,36,41). The summed E-state index contributed by atoms with van der Waals surface area (Å²) in [6.45, 7) is 0. The van der Waals surface area contributed by atoms with Gasteiger partial charge in [0.25, 0.3) is 11.1 Å². The minimum atomic E-state index is -0.357. The second kappa shape index (κ2) is 11.2. The number of rotatable bonds is 7. The fraction of sp³-hybridized carbons (Fsp3) is 0.0588. The molecule has 0 bridgehead atoms. The maximum atomic E-state index is 12.4. The molecule has 0 saturated carbocycles. The molecule has 44 heavy (non-hydrogen) atoms. The van der Waals surface area contributed by atoms with Crippen LogP contribution in [0.15, 0.2) is 113 Å². The van der Waals surface area contributed by atoms with Crippen molar-refractivity contribution in [2.75, 3.05) is 19.1 Å². The van der Waals surface area contributed by atoms with Gasteiger partial charge in [-0.2, -0.15) is 8.75 Å². The van der Waals surface area contributed by atoms with Crippen LogP contribution < -0.4 is 25.5 Å². The molecule has 0 fully saturated rings. The number of aromatic nitrogens is 4. The molecule has 10 heteroatoms. The second-order valence-electron chi connectivity index (χ2n) is 10.1. The Morgan fingerprint density at radius 1 is 0.568 bits per heavy atom. The number of ether oxygens (including phenoxy) is 2. The summed E-state index contributed by atoms with van der Waals surface area (Å²) in [7, 11) is 3.31. The zero-order chi connectivity index (χ0) is 30.2. The Bertz CT molecular complexity index is 2190.